The van der Waals surface area contributed by atoms with Crippen molar-refractivity contribution >= 4 is 11.9 Å². The Kier molecular flexibility index (Phi) is 4.09. The van der Waals surface area contributed by atoms with E-state index in [9.17, 15) is 9.59 Å². The number of urea groups is 1. The van der Waals surface area contributed by atoms with Gasteiger partial charge in [0.15, 0.2) is 5.82 Å². The van der Waals surface area contributed by atoms with Gasteiger partial charge >= 0.3 is 6.03 Å². The molecule has 23 heavy (non-hydrogen) atoms. The van der Waals surface area contributed by atoms with Gasteiger partial charge in [0, 0.05) is 19.0 Å². The fraction of sp³-hybridized carbons (Fsp3) is 0.733. The van der Waals surface area contributed by atoms with E-state index in [1.165, 1.54) is 4.90 Å². The van der Waals surface area contributed by atoms with Crippen LogP contribution in [-0.4, -0.2) is 57.1 Å². The standard InChI is InChI=1S/C15H23N5O3/c1-4-20-13(21)15(3,17-14(20)22)11-6-5-7-19(8-11)9-12-16-10(2)18-23-12/h11H,4-9H2,1-3H3,(H,17,22)/t11-,15-/m1/s1. The van der Waals surface area contributed by atoms with E-state index in [0.717, 1.165) is 25.9 Å². The molecule has 3 heterocycles. The molecule has 0 aromatic carbocycles. The van der Waals surface area contributed by atoms with E-state index in [1.807, 2.05) is 13.8 Å². The number of likely N-dealkylation sites (N-methyl/N-ethyl adjacent to an activating group) is 1. The van der Waals surface area contributed by atoms with Gasteiger partial charge < -0.3 is 9.84 Å². The van der Waals surface area contributed by atoms with E-state index in [2.05, 4.69) is 20.4 Å². The van der Waals surface area contributed by atoms with Gasteiger partial charge in [0.1, 0.15) is 5.54 Å². The first kappa shape index (κ1) is 15.9. The van der Waals surface area contributed by atoms with Crippen LogP contribution in [0.5, 0.6) is 0 Å². The zero-order valence-corrected chi connectivity index (χ0v) is 13.8. The summed E-state index contributed by atoms with van der Waals surface area (Å²) in [5.74, 6) is 1.17. The third kappa shape index (κ3) is 2.83. The number of aryl methyl sites for hydroxylation is 1. The van der Waals surface area contributed by atoms with Crippen LogP contribution in [0.25, 0.3) is 0 Å². The molecule has 2 saturated heterocycles. The number of carbonyl (C=O) groups is 2. The molecule has 3 amide bonds. The molecule has 2 aliphatic heterocycles. The number of hydrogen-bond acceptors (Lipinski definition) is 6. The molecular weight excluding hydrogens is 298 g/mol. The van der Waals surface area contributed by atoms with Crippen LogP contribution in [0.3, 0.4) is 0 Å². The Morgan fingerprint density at radius 2 is 2.22 bits per heavy atom. The zero-order chi connectivity index (χ0) is 16.6. The minimum atomic E-state index is -0.823. The van der Waals surface area contributed by atoms with Gasteiger partial charge in [-0.25, -0.2) is 4.79 Å². The number of nitrogens with one attached hydrogen (secondary N) is 1. The third-order valence-corrected chi connectivity index (χ3v) is 4.87. The van der Waals surface area contributed by atoms with Crippen molar-refractivity contribution in [2.45, 2.75) is 45.7 Å². The highest BCUT2D eigenvalue weighted by molar-refractivity contribution is 6.07. The monoisotopic (exact) mass is 321 g/mol. The van der Waals surface area contributed by atoms with Gasteiger partial charge in [-0.3, -0.25) is 14.6 Å². The highest BCUT2D eigenvalue weighted by Crippen LogP contribution is 2.32. The first-order chi connectivity index (χ1) is 10.9. The Morgan fingerprint density at radius 1 is 1.43 bits per heavy atom. The lowest BCUT2D eigenvalue weighted by atomic mass is 9.80. The number of amides is 3. The van der Waals surface area contributed by atoms with Crippen LogP contribution < -0.4 is 5.32 Å². The number of rotatable bonds is 4. The van der Waals surface area contributed by atoms with Gasteiger partial charge in [-0.05, 0) is 40.2 Å². The summed E-state index contributed by atoms with van der Waals surface area (Å²) in [4.78, 5) is 32.3. The van der Waals surface area contributed by atoms with Crippen LogP contribution in [0.15, 0.2) is 4.52 Å². The molecule has 126 valence electrons. The fourth-order valence-electron chi connectivity index (χ4n) is 3.55. The summed E-state index contributed by atoms with van der Waals surface area (Å²) in [5.41, 5.74) is -0.823. The van der Waals surface area contributed by atoms with Gasteiger partial charge in [-0.2, -0.15) is 4.98 Å². The molecule has 2 fully saturated rings. The molecule has 1 aromatic heterocycles. The number of aromatic nitrogens is 2. The summed E-state index contributed by atoms with van der Waals surface area (Å²) in [6.07, 6.45) is 1.89. The van der Waals surface area contributed by atoms with Crippen molar-refractivity contribution in [2.75, 3.05) is 19.6 Å². The Morgan fingerprint density at radius 3 is 2.83 bits per heavy atom. The second-order valence-corrected chi connectivity index (χ2v) is 6.49. The molecule has 1 N–H and O–H groups in total. The van der Waals surface area contributed by atoms with E-state index in [4.69, 9.17) is 4.52 Å². The van der Waals surface area contributed by atoms with Crippen molar-refractivity contribution in [3.8, 4) is 0 Å². The highest BCUT2D eigenvalue weighted by Gasteiger charge is 2.52. The van der Waals surface area contributed by atoms with Crippen LogP contribution in [0.1, 0.15) is 38.4 Å². The number of likely N-dealkylation sites (tertiary alicyclic amines) is 1. The zero-order valence-electron chi connectivity index (χ0n) is 13.8. The van der Waals surface area contributed by atoms with Crippen LogP contribution in [0.2, 0.25) is 0 Å². The fourth-order valence-corrected chi connectivity index (χ4v) is 3.55. The first-order valence-electron chi connectivity index (χ1n) is 8.09. The maximum atomic E-state index is 12.6. The summed E-state index contributed by atoms with van der Waals surface area (Å²) in [6, 6.07) is -0.287. The topological polar surface area (TPSA) is 91.6 Å². The van der Waals surface area contributed by atoms with Crippen molar-refractivity contribution in [2.24, 2.45) is 5.92 Å². The van der Waals surface area contributed by atoms with E-state index < -0.39 is 5.54 Å². The quantitative estimate of drug-likeness (QED) is 0.829. The van der Waals surface area contributed by atoms with E-state index in [0.29, 0.717) is 24.8 Å². The Balaban J connectivity index is 1.71. The van der Waals surface area contributed by atoms with Gasteiger partial charge in [-0.15, -0.1) is 0 Å². The van der Waals surface area contributed by atoms with Crippen molar-refractivity contribution in [3.05, 3.63) is 11.7 Å². The predicted octanol–water partition coefficient (Wildman–Crippen LogP) is 0.920. The molecule has 8 nitrogen and oxygen atoms in total. The molecule has 0 radical (unpaired) electrons. The molecule has 0 aliphatic carbocycles. The van der Waals surface area contributed by atoms with E-state index in [1.54, 1.807) is 6.92 Å². The lowest BCUT2D eigenvalue weighted by molar-refractivity contribution is -0.133. The first-order valence-corrected chi connectivity index (χ1v) is 8.09. The third-order valence-electron chi connectivity index (χ3n) is 4.87. The van der Waals surface area contributed by atoms with Crippen molar-refractivity contribution in [3.63, 3.8) is 0 Å². The van der Waals surface area contributed by atoms with Crippen molar-refractivity contribution < 1.29 is 14.1 Å². The molecular formula is C15H23N5O3. The molecule has 3 rings (SSSR count). The van der Waals surface area contributed by atoms with Gasteiger partial charge in [0.25, 0.3) is 5.91 Å². The lowest BCUT2D eigenvalue weighted by Gasteiger charge is -2.39. The summed E-state index contributed by atoms with van der Waals surface area (Å²) in [5, 5.41) is 6.70. The number of carbonyl (C=O) groups excluding carboxylic acids is 2. The molecule has 0 unspecified atom stereocenters. The number of piperidine rings is 1. The summed E-state index contributed by atoms with van der Waals surface area (Å²) >= 11 is 0. The second kappa shape index (κ2) is 5.92. The largest absolute Gasteiger partial charge is 0.338 e. The molecule has 2 aliphatic rings. The SMILES string of the molecule is CCN1C(=O)N[C@](C)([C@@H]2CCCN(Cc3nc(C)no3)C2)C1=O. The lowest BCUT2D eigenvalue weighted by Crippen LogP contribution is -2.55. The number of nitrogens with zero attached hydrogens (tertiary/aromatic N) is 4. The average molecular weight is 321 g/mol. The normalized spacial score (nSPS) is 29.2. The van der Waals surface area contributed by atoms with Crippen LogP contribution in [0, 0.1) is 12.8 Å². The Bertz CT molecular complexity index is 616. The maximum Gasteiger partial charge on any atom is 0.325 e. The second-order valence-electron chi connectivity index (χ2n) is 6.49. The smallest absolute Gasteiger partial charge is 0.325 e. The molecule has 1 aromatic rings. The summed E-state index contributed by atoms with van der Waals surface area (Å²) in [6.45, 7) is 8.07. The van der Waals surface area contributed by atoms with Crippen LogP contribution in [0.4, 0.5) is 4.79 Å². The molecule has 0 saturated carbocycles. The summed E-state index contributed by atoms with van der Waals surface area (Å²) in [7, 11) is 0. The number of imide groups is 1. The predicted molar refractivity (Wildman–Crippen MR) is 81.4 cm³/mol. The number of hydrogen-bond donors (Lipinski definition) is 1. The summed E-state index contributed by atoms with van der Waals surface area (Å²) < 4.78 is 5.18. The molecule has 2 atom stereocenters. The molecule has 8 heteroatoms. The van der Waals surface area contributed by atoms with E-state index in [-0.39, 0.29) is 17.9 Å². The van der Waals surface area contributed by atoms with Gasteiger partial charge in [-0.1, -0.05) is 5.16 Å². The maximum absolute atomic E-state index is 12.6. The van der Waals surface area contributed by atoms with Crippen molar-refractivity contribution in [1.29, 1.82) is 0 Å². The van der Waals surface area contributed by atoms with Crippen LogP contribution >= 0.6 is 0 Å². The molecule has 0 spiro atoms. The Labute approximate surface area is 135 Å². The molecule has 0 bridgehead atoms. The average Bonchev–Trinajstić information content (AvgIpc) is 3.02. The van der Waals surface area contributed by atoms with Crippen molar-refractivity contribution in [1.82, 2.24) is 25.3 Å². The van der Waals surface area contributed by atoms with Gasteiger partial charge in [0.2, 0.25) is 5.89 Å². The minimum absolute atomic E-state index is 0.0771. The van der Waals surface area contributed by atoms with Gasteiger partial charge in [0.05, 0.1) is 6.54 Å². The highest BCUT2D eigenvalue weighted by atomic mass is 16.5. The van der Waals surface area contributed by atoms with E-state index >= 15 is 0 Å². The van der Waals surface area contributed by atoms with Crippen LogP contribution in [-0.2, 0) is 11.3 Å². The Hall–Kier alpha value is -1.96. The minimum Gasteiger partial charge on any atom is -0.338 e.